The van der Waals surface area contributed by atoms with E-state index >= 15 is 0 Å². The minimum absolute atomic E-state index is 0.203. The summed E-state index contributed by atoms with van der Waals surface area (Å²) in [4.78, 5) is 0. The van der Waals surface area contributed by atoms with Crippen LogP contribution >= 0.6 is 0 Å². The lowest BCUT2D eigenvalue weighted by atomic mass is 9.75. The van der Waals surface area contributed by atoms with Crippen molar-refractivity contribution < 1.29 is 9.84 Å². The molecular weight excluding hydrogens is 224 g/mol. The van der Waals surface area contributed by atoms with Crippen molar-refractivity contribution in [2.24, 2.45) is 0 Å². The molecule has 1 aliphatic rings. The van der Waals surface area contributed by atoms with Crippen molar-refractivity contribution in [1.29, 1.82) is 0 Å². The van der Waals surface area contributed by atoms with Gasteiger partial charge < -0.3 is 9.84 Å². The highest BCUT2D eigenvalue weighted by atomic mass is 16.5. The lowest BCUT2D eigenvalue weighted by Crippen LogP contribution is -2.16. The first-order valence-electron chi connectivity index (χ1n) is 6.74. The van der Waals surface area contributed by atoms with Crippen LogP contribution in [0.25, 0.3) is 0 Å². The van der Waals surface area contributed by atoms with Crippen molar-refractivity contribution >= 4 is 0 Å². The zero-order valence-electron chi connectivity index (χ0n) is 11.3. The molecule has 1 aromatic carbocycles. The van der Waals surface area contributed by atoms with E-state index < -0.39 is 0 Å². The van der Waals surface area contributed by atoms with E-state index in [2.05, 4.69) is 25.1 Å². The Labute approximate surface area is 109 Å². The normalized spacial score (nSPS) is 18.2. The summed E-state index contributed by atoms with van der Waals surface area (Å²) in [5, 5.41) is 9.10. The molecular formula is C16H22O2. The van der Waals surface area contributed by atoms with E-state index in [0.29, 0.717) is 5.92 Å². The second kappa shape index (κ2) is 6.05. The van der Waals surface area contributed by atoms with Crippen molar-refractivity contribution in [3.63, 3.8) is 0 Å². The van der Waals surface area contributed by atoms with Gasteiger partial charge in [0, 0.05) is 0 Å². The fourth-order valence-electron chi connectivity index (χ4n) is 2.60. The summed E-state index contributed by atoms with van der Waals surface area (Å²) < 4.78 is 5.22. The molecule has 1 atom stereocenters. The Balaban J connectivity index is 1.88. The molecule has 2 heteroatoms. The van der Waals surface area contributed by atoms with Gasteiger partial charge in [0.2, 0.25) is 0 Å². The molecule has 18 heavy (non-hydrogen) atoms. The van der Waals surface area contributed by atoms with E-state index in [1.54, 1.807) is 7.11 Å². The molecule has 0 bridgehead atoms. The number of hydrogen-bond donors (Lipinski definition) is 1. The Morgan fingerprint density at radius 2 is 2.33 bits per heavy atom. The Bertz CT molecular complexity index is 429. The van der Waals surface area contributed by atoms with E-state index in [1.807, 2.05) is 6.07 Å². The van der Waals surface area contributed by atoms with Gasteiger partial charge in [0.25, 0.3) is 0 Å². The molecule has 0 heterocycles. The second-order valence-corrected chi connectivity index (χ2v) is 4.92. The van der Waals surface area contributed by atoms with Crippen molar-refractivity contribution in [1.82, 2.24) is 0 Å². The van der Waals surface area contributed by atoms with Crippen molar-refractivity contribution in [2.75, 3.05) is 13.7 Å². The topological polar surface area (TPSA) is 29.5 Å². The first-order chi connectivity index (χ1) is 8.78. The molecule has 0 aromatic heterocycles. The maximum atomic E-state index is 9.10. The van der Waals surface area contributed by atoms with Crippen LogP contribution in [0.5, 0.6) is 5.75 Å². The maximum Gasteiger partial charge on any atom is 0.119 e. The van der Waals surface area contributed by atoms with Gasteiger partial charge in [-0.2, -0.15) is 0 Å². The Hall–Kier alpha value is -1.28. The average Bonchev–Trinajstić information content (AvgIpc) is 2.39. The molecule has 1 aliphatic carbocycles. The minimum Gasteiger partial charge on any atom is -0.497 e. The predicted octanol–water partition coefficient (Wildman–Crippen LogP) is 3.44. The van der Waals surface area contributed by atoms with Crippen LogP contribution in [0.3, 0.4) is 0 Å². The van der Waals surface area contributed by atoms with Crippen molar-refractivity contribution in [3.8, 4) is 5.75 Å². The zero-order chi connectivity index (χ0) is 13.0. The van der Waals surface area contributed by atoms with Crippen molar-refractivity contribution in [2.45, 2.75) is 38.5 Å². The number of aliphatic hydroxyl groups is 1. The monoisotopic (exact) mass is 246 g/mol. The van der Waals surface area contributed by atoms with Gasteiger partial charge in [0.05, 0.1) is 13.7 Å². The second-order valence-electron chi connectivity index (χ2n) is 4.92. The number of hydrogen-bond acceptors (Lipinski definition) is 2. The first kappa shape index (κ1) is 13.2. The summed E-state index contributed by atoms with van der Waals surface area (Å²) in [5.41, 5.74) is 4.07. The van der Waals surface area contributed by atoms with Gasteiger partial charge in [0.15, 0.2) is 0 Å². The maximum absolute atomic E-state index is 9.10. The highest BCUT2D eigenvalue weighted by Gasteiger charge is 2.25. The van der Waals surface area contributed by atoms with Gasteiger partial charge in [-0.05, 0) is 60.4 Å². The SMILES string of the molecule is CC/C(=C\CCC1Cc2cc(OC)ccc21)CO. The Morgan fingerprint density at radius 3 is 2.94 bits per heavy atom. The Kier molecular flexibility index (Phi) is 4.43. The number of benzene rings is 1. The van der Waals surface area contributed by atoms with E-state index in [0.717, 1.165) is 24.2 Å². The van der Waals surface area contributed by atoms with Gasteiger partial charge in [-0.15, -0.1) is 0 Å². The van der Waals surface area contributed by atoms with Gasteiger partial charge >= 0.3 is 0 Å². The molecule has 98 valence electrons. The van der Waals surface area contributed by atoms with E-state index in [-0.39, 0.29) is 6.61 Å². The number of ether oxygens (including phenoxy) is 1. The van der Waals surface area contributed by atoms with Crippen LogP contribution < -0.4 is 4.74 Å². The fraction of sp³-hybridized carbons (Fsp3) is 0.500. The number of aliphatic hydroxyl groups excluding tert-OH is 1. The van der Waals surface area contributed by atoms with E-state index in [9.17, 15) is 0 Å². The van der Waals surface area contributed by atoms with Gasteiger partial charge in [-0.25, -0.2) is 0 Å². The standard InChI is InChI=1S/C16H22O2/c1-3-12(11-17)5-4-6-13-9-14-10-15(18-2)7-8-16(13)14/h5,7-8,10,13,17H,3-4,6,9,11H2,1-2H3/b12-5+. The summed E-state index contributed by atoms with van der Waals surface area (Å²) in [6.45, 7) is 2.29. The molecule has 0 saturated heterocycles. The lowest BCUT2D eigenvalue weighted by Gasteiger charge is -2.30. The van der Waals surface area contributed by atoms with Crippen LogP contribution in [0.2, 0.25) is 0 Å². The largest absolute Gasteiger partial charge is 0.497 e. The smallest absolute Gasteiger partial charge is 0.119 e. The summed E-state index contributed by atoms with van der Waals surface area (Å²) in [7, 11) is 1.71. The quantitative estimate of drug-likeness (QED) is 0.779. The molecule has 2 rings (SSSR count). The zero-order valence-corrected chi connectivity index (χ0v) is 11.3. The predicted molar refractivity (Wildman–Crippen MR) is 74.1 cm³/mol. The minimum atomic E-state index is 0.203. The Morgan fingerprint density at radius 1 is 1.50 bits per heavy atom. The summed E-state index contributed by atoms with van der Waals surface area (Å²) in [5.74, 6) is 1.65. The molecule has 0 aliphatic heterocycles. The van der Waals surface area contributed by atoms with Crippen LogP contribution in [0.1, 0.15) is 43.2 Å². The van der Waals surface area contributed by atoms with Crippen LogP contribution in [0, 0.1) is 0 Å². The lowest BCUT2D eigenvalue weighted by molar-refractivity contribution is 0.327. The molecule has 0 spiro atoms. The molecule has 0 amide bonds. The van der Waals surface area contributed by atoms with E-state index in [1.165, 1.54) is 24.0 Å². The molecule has 0 saturated carbocycles. The summed E-state index contributed by atoms with van der Waals surface area (Å²) >= 11 is 0. The van der Waals surface area contributed by atoms with Gasteiger partial charge in [-0.3, -0.25) is 0 Å². The highest BCUT2D eigenvalue weighted by Crippen LogP contribution is 2.40. The van der Waals surface area contributed by atoms with Gasteiger partial charge in [0.1, 0.15) is 5.75 Å². The first-order valence-corrected chi connectivity index (χ1v) is 6.74. The molecule has 1 aromatic rings. The number of methoxy groups -OCH3 is 1. The van der Waals surface area contributed by atoms with Crippen LogP contribution in [-0.4, -0.2) is 18.8 Å². The molecule has 0 fully saturated rings. The molecule has 1 N–H and O–H groups in total. The third-order valence-corrected chi connectivity index (χ3v) is 3.86. The molecule has 0 radical (unpaired) electrons. The van der Waals surface area contributed by atoms with Gasteiger partial charge in [-0.1, -0.05) is 19.1 Å². The summed E-state index contributed by atoms with van der Waals surface area (Å²) in [6.07, 6.45) is 6.57. The average molecular weight is 246 g/mol. The van der Waals surface area contributed by atoms with E-state index in [4.69, 9.17) is 9.84 Å². The summed E-state index contributed by atoms with van der Waals surface area (Å²) in [6, 6.07) is 6.39. The third kappa shape index (κ3) is 2.75. The molecule has 2 nitrogen and oxygen atoms in total. The molecule has 1 unspecified atom stereocenters. The fourth-order valence-corrected chi connectivity index (χ4v) is 2.60. The van der Waals surface area contributed by atoms with Crippen LogP contribution in [0.4, 0.5) is 0 Å². The number of rotatable bonds is 6. The number of allylic oxidation sites excluding steroid dienone is 1. The van der Waals surface area contributed by atoms with Crippen LogP contribution in [-0.2, 0) is 6.42 Å². The number of fused-ring (bicyclic) bond motifs is 1. The third-order valence-electron chi connectivity index (χ3n) is 3.86. The van der Waals surface area contributed by atoms with Crippen molar-refractivity contribution in [3.05, 3.63) is 41.0 Å². The van der Waals surface area contributed by atoms with Crippen LogP contribution in [0.15, 0.2) is 29.8 Å². The highest BCUT2D eigenvalue weighted by molar-refractivity contribution is 5.44.